The summed E-state index contributed by atoms with van der Waals surface area (Å²) in [4.78, 5) is 20.7. The zero-order valence-corrected chi connectivity index (χ0v) is 14.3. The van der Waals surface area contributed by atoms with E-state index >= 15 is 0 Å². The van der Waals surface area contributed by atoms with Crippen molar-refractivity contribution in [2.24, 2.45) is 5.92 Å². The number of rotatable bonds is 4. The van der Waals surface area contributed by atoms with Crippen LogP contribution < -0.4 is 5.32 Å². The van der Waals surface area contributed by atoms with Crippen LogP contribution in [0.3, 0.4) is 0 Å². The topological polar surface area (TPSA) is 54.9 Å². The van der Waals surface area contributed by atoms with E-state index in [1.807, 2.05) is 24.3 Å². The fourth-order valence-electron chi connectivity index (χ4n) is 2.70. The summed E-state index contributed by atoms with van der Waals surface area (Å²) in [6.45, 7) is 3.79. The lowest BCUT2D eigenvalue weighted by atomic mass is 10.0. The minimum absolute atomic E-state index is 0.0384. The molecule has 0 atom stereocenters. The molecule has 25 heavy (non-hydrogen) atoms. The van der Waals surface area contributed by atoms with Crippen molar-refractivity contribution < 1.29 is 4.79 Å². The Labute approximate surface area is 150 Å². The highest BCUT2D eigenvalue weighted by Crippen LogP contribution is 2.32. The SMILES string of the molecule is C=Cc1ccc(Cl)c(-c2cnc3cc(NC(=O)C4CC4)ncc3c2)c1. The molecule has 4 nitrogen and oxygen atoms in total. The Balaban J connectivity index is 1.68. The van der Waals surface area contributed by atoms with Gasteiger partial charge in [-0.1, -0.05) is 30.3 Å². The van der Waals surface area contributed by atoms with Crippen LogP contribution in [0.25, 0.3) is 28.1 Å². The van der Waals surface area contributed by atoms with Crippen molar-refractivity contribution in [3.05, 3.63) is 59.9 Å². The van der Waals surface area contributed by atoms with E-state index in [4.69, 9.17) is 11.6 Å². The molecule has 1 aliphatic carbocycles. The summed E-state index contributed by atoms with van der Waals surface area (Å²) in [5.74, 6) is 0.722. The molecule has 2 aromatic heterocycles. The highest BCUT2D eigenvalue weighted by molar-refractivity contribution is 6.33. The number of nitrogens with one attached hydrogen (secondary N) is 1. The van der Waals surface area contributed by atoms with Crippen molar-refractivity contribution in [3.8, 4) is 11.1 Å². The standard InChI is InChI=1S/C20H16ClN3O/c1-2-12-3-6-17(21)16(7-12)14-8-15-11-23-19(9-18(15)22-10-14)24-20(25)13-4-5-13/h2-3,6-11,13H,1,4-5H2,(H,23,24,25). The lowest BCUT2D eigenvalue weighted by Crippen LogP contribution is -2.14. The lowest BCUT2D eigenvalue weighted by molar-refractivity contribution is -0.117. The molecule has 0 bridgehead atoms. The first-order chi connectivity index (χ1) is 12.1. The molecule has 2 heterocycles. The first-order valence-corrected chi connectivity index (χ1v) is 8.51. The molecule has 1 N–H and O–H groups in total. The third kappa shape index (κ3) is 3.26. The van der Waals surface area contributed by atoms with Gasteiger partial charge in [-0.25, -0.2) is 4.98 Å². The van der Waals surface area contributed by atoms with E-state index in [-0.39, 0.29) is 11.8 Å². The monoisotopic (exact) mass is 349 g/mol. The average molecular weight is 350 g/mol. The van der Waals surface area contributed by atoms with Crippen LogP contribution in [-0.2, 0) is 4.79 Å². The largest absolute Gasteiger partial charge is 0.310 e. The van der Waals surface area contributed by atoms with E-state index < -0.39 is 0 Å². The zero-order valence-electron chi connectivity index (χ0n) is 13.5. The van der Waals surface area contributed by atoms with E-state index in [0.29, 0.717) is 10.8 Å². The van der Waals surface area contributed by atoms with Crippen molar-refractivity contribution in [1.29, 1.82) is 0 Å². The summed E-state index contributed by atoms with van der Waals surface area (Å²) >= 11 is 6.33. The quantitative estimate of drug-likeness (QED) is 0.725. The Hall–Kier alpha value is -2.72. The molecule has 0 unspecified atom stereocenters. The molecular weight excluding hydrogens is 334 g/mol. The number of halogens is 1. The van der Waals surface area contributed by atoms with Crippen LogP contribution in [-0.4, -0.2) is 15.9 Å². The van der Waals surface area contributed by atoms with Gasteiger partial charge in [0, 0.05) is 45.9 Å². The molecule has 4 rings (SSSR count). The van der Waals surface area contributed by atoms with Crippen LogP contribution in [0, 0.1) is 5.92 Å². The number of carbonyl (C=O) groups excluding carboxylic acids is 1. The second-order valence-corrected chi connectivity index (χ2v) is 6.60. The molecule has 1 fully saturated rings. The number of hydrogen-bond acceptors (Lipinski definition) is 3. The molecular formula is C20H16ClN3O. The predicted molar refractivity (Wildman–Crippen MR) is 101 cm³/mol. The van der Waals surface area contributed by atoms with Gasteiger partial charge in [-0.15, -0.1) is 0 Å². The van der Waals surface area contributed by atoms with Gasteiger partial charge in [0.1, 0.15) is 5.82 Å². The number of aromatic nitrogens is 2. The van der Waals surface area contributed by atoms with Crippen molar-refractivity contribution >= 4 is 40.3 Å². The summed E-state index contributed by atoms with van der Waals surface area (Å²) < 4.78 is 0. The van der Waals surface area contributed by atoms with E-state index in [1.54, 1.807) is 24.5 Å². The molecule has 1 aromatic carbocycles. The van der Waals surface area contributed by atoms with Crippen LogP contribution in [0.15, 0.2) is 49.3 Å². The van der Waals surface area contributed by atoms with Gasteiger partial charge in [-0.2, -0.15) is 0 Å². The number of fused-ring (bicyclic) bond motifs is 1. The van der Waals surface area contributed by atoms with Crippen LogP contribution in [0.5, 0.6) is 0 Å². The van der Waals surface area contributed by atoms with E-state index in [9.17, 15) is 4.79 Å². The minimum Gasteiger partial charge on any atom is -0.310 e. The highest BCUT2D eigenvalue weighted by Gasteiger charge is 2.29. The van der Waals surface area contributed by atoms with Gasteiger partial charge < -0.3 is 5.32 Å². The second-order valence-electron chi connectivity index (χ2n) is 6.19. The van der Waals surface area contributed by atoms with Gasteiger partial charge >= 0.3 is 0 Å². The molecule has 3 aromatic rings. The fraction of sp³-hybridized carbons (Fsp3) is 0.150. The van der Waals surface area contributed by atoms with Gasteiger partial charge in [0.05, 0.1) is 5.52 Å². The minimum atomic E-state index is 0.0384. The van der Waals surface area contributed by atoms with Crippen LogP contribution in [0.1, 0.15) is 18.4 Å². The lowest BCUT2D eigenvalue weighted by Gasteiger charge is -2.08. The first-order valence-electron chi connectivity index (χ1n) is 8.13. The van der Waals surface area contributed by atoms with Crippen molar-refractivity contribution in [1.82, 2.24) is 9.97 Å². The Morgan fingerprint density at radius 3 is 2.80 bits per heavy atom. The Morgan fingerprint density at radius 1 is 1.20 bits per heavy atom. The van der Waals surface area contributed by atoms with Gasteiger partial charge in [-0.05, 0) is 36.6 Å². The molecule has 0 saturated heterocycles. The van der Waals surface area contributed by atoms with Crippen LogP contribution >= 0.6 is 11.6 Å². The Bertz CT molecular complexity index is 995. The average Bonchev–Trinajstić information content (AvgIpc) is 3.47. The predicted octanol–water partition coefficient (Wildman–Crippen LogP) is 4.94. The maximum absolute atomic E-state index is 11.9. The molecule has 1 saturated carbocycles. The van der Waals surface area contributed by atoms with E-state index in [2.05, 4.69) is 21.9 Å². The van der Waals surface area contributed by atoms with Crippen LogP contribution in [0.4, 0.5) is 5.82 Å². The highest BCUT2D eigenvalue weighted by atomic mass is 35.5. The van der Waals surface area contributed by atoms with E-state index in [1.165, 1.54) is 0 Å². The summed E-state index contributed by atoms with van der Waals surface area (Å²) in [7, 11) is 0. The molecule has 1 amide bonds. The number of amides is 1. The number of anilines is 1. The number of benzene rings is 1. The van der Waals surface area contributed by atoms with Crippen LogP contribution in [0.2, 0.25) is 5.02 Å². The Morgan fingerprint density at radius 2 is 2.04 bits per heavy atom. The fourth-order valence-corrected chi connectivity index (χ4v) is 2.93. The maximum atomic E-state index is 11.9. The molecule has 5 heteroatoms. The summed E-state index contributed by atoms with van der Waals surface area (Å²) in [6, 6.07) is 9.55. The second kappa shape index (κ2) is 6.30. The molecule has 0 radical (unpaired) electrons. The molecule has 124 valence electrons. The summed E-state index contributed by atoms with van der Waals surface area (Å²) in [5.41, 5.74) is 3.59. The maximum Gasteiger partial charge on any atom is 0.228 e. The van der Waals surface area contributed by atoms with Gasteiger partial charge in [0.25, 0.3) is 0 Å². The van der Waals surface area contributed by atoms with Gasteiger partial charge in [0.15, 0.2) is 0 Å². The van der Waals surface area contributed by atoms with Gasteiger partial charge in [0.2, 0.25) is 5.91 Å². The zero-order chi connectivity index (χ0) is 17.4. The van der Waals surface area contributed by atoms with Crippen molar-refractivity contribution in [3.63, 3.8) is 0 Å². The first kappa shape index (κ1) is 15.8. The normalized spacial score (nSPS) is 13.6. The van der Waals surface area contributed by atoms with Gasteiger partial charge in [-0.3, -0.25) is 9.78 Å². The molecule has 0 spiro atoms. The number of nitrogens with zero attached hydrogens (tertiary/aromatic N) is 2. The number of pyridine rings is 2. The van der Waals surface area contributed by atoms with Crippen molar-refractivity contribution in [2.75, 3.05) is 5.32 Å². The summed E-state index contributed by atoms with van der Waals surface area (Å²) in [5, 5.41) is 4.40. The third-order valence-corrected chi connectivity index (χ3v) is 4.63. The number of hydrogen-bond donors (Lipinski definition) is 1. The Kier molecular flexibility index (Phi) is 3.98. The molecule has 1 aliphatic rings. The third-order valence-electron chi connectivity index (χ3n) is 4.30. The molecule has 0 aliphatic heterocycles. The van der Waals surface area contributed by atoms with Crippen molar-refractivity contribution in [2.45, 2.75) is 12.8 Å². The van der Waals surface area contributed by atoms with E-state index in [0.717, 1.165) is 40.4 Å². The number of carbonyl (C=O) groups is 1. The summed E-state index contributed by atoms with van der Waals surface area (Å²) in [6.07, 6.45) is 7.21. The smallest absolute Gasteiger partial charge is 0.228 e.